The first-order valence-electron chi connectivity index (χ1n) is 9.07. The Morgan fingerprint density at radius 1 is 0.960 bits per heavy atom. The highest BCUT2D eigenvalue weighted by molar-refractivity contribution is 5.90. The van der Waals surface area contributed by atoms with Crippen molar-refractivity contribution >= 4 is 16.7 Å². The van der Waals surface area contributed by atoms with Gasteiger partial charge in [0.05, 0.1) is 12.0 Å². The van der Waals surface area contributed by atoms with Gasteiger partial charge < -0.3 is 5.11 Å². The third-order valence-electron chi connectivity index (χ3n) is 5.40. The molecule has 1 aliphatic rings. The fourth-order valence-electron chi connectivity index (χ4n) is 4.16. The lowest BCUT2D eigenvalue weighted by Gasteiger charge is -2.35. The Balaban J connectivity index is 1.83. The van der Waals surface area contributed by atoms with Crippen LogP contribution in [0.1, 0.15) is 48.0 Å². The van der Waals surface area contributed by atoms with Gasteiger partial charge in [-0.25, -0.2) is 0 Å². The molecule has 0 spiro atoms. The quantitative estimate of drug-likeness (QED) is 0.756. The van der Waals surface area contributed by atoms with E-state index in [0.29, 0.717) is 6.42 Å². The minimum absolute atomic E-state index is 0.0286. The fourth-order valence-corrected chi connectivity index (χ4v) is 4.16. The summed E-state index contributed by atoms with van der Waals surface area (Å²) in [5, 5.41) is 13.6. The number of aromatic nitrogens is 1. The highest BCUT2D eigenvalue weighted by Gasteiger charge is 2.34. The number of carbonyl (C=O) groups excluding carboxylic acids is 1. The van der Waals surface area contributed by atoms with Crippen LogP contribution < -0.4 is 0 Å². The van der Waals surface area contributed by atoms with Crippen molar-refractivity contribution in [3.63, 3.8) is 0 Å². The molecule has 128 valence electrons. The Bertz CT molecular complexity index is 890. The van der Waals surface area contributed by atoms with Crippen LogP contribution in [0.5, 0.6) is 0 Å². The summed E-state index contributed by atoms with van der Waals surface area (Å²) in [6.07, 6.45) is 8.63. The van der Waals surface area contributed by atoms with Crippen LogP contribution in [0.2, 0.25) is 0 Å². The Morgan fingerprint density at radius 3 is 2.44 bits per heavy atom. The van der Waals surface area contributed by atoms with Crippen LogP contribution in [0.3, 0.4) is 0 Å². The van der Waals surface area contributed by atoms with E-state index in [0.717, 1.165) is 47.6 Å². The molecule has 0 saturated heterocycles. The van der Waals surface area contributed by atoms with Crippen molar-refractivity contribution in [2.24, 2.45) is 0 Å². The lowest BCUT2D eigenvalue weighted by atomic mass is 9.75. The summed E-state index contributed by atoms with van der Waals surface area (Å²) in [5.74, 6) is 0.0286. The van der Waals surface area contributed by atoms with Crippen LogP contribution in [-0.2, 0) is 12.0 Å². The van der Waals surface area contributed by atoms with E-state index >= 15 is 0 Å². The molecule has 0 radical (unpaired) electrons. The standard InChI is InChI=1S/C22H23NO2/c24-20(23-14-6-7-15-23)16-18-11-10-17-8-2-3-9-19(17)21(18)22(25)12-4-1-5-13-22/h2-3,6-11,14-15,25H,1,4-5,12-13,16H2. The molecule has 25 heavy (non-hydrogen) atoms. The second-order valence-corrected chi connectivity index (χ2v) is 7.07. The molecule has 0 bridgehead atoms. The average Bonchev–Trinajstić information content (AvgIpc) is 3.17. The zero-order valence-corrected chi connectivity index (χ0v) is 14.3. The van der Waals surface area contributed by atoms with Crippen LogP contribution in [0.25, 0.3) is 10.8 Å². The second kappa shape index (κ2) is 6.49. The maximum absolute atomic E-state index is 12.6. The summed E-state index contributed by atoms with van der Waals surface area (Å²) >= 11 is 0. The smallest absolute Gasteiger partial charge is 0.234 e. The highest BCUT2D eigenvalue weighted by Crippen LogP contribution is 2.42. The summed E-state index contributed by atoms with van der Waals surface area (Å²) in [4.78, 5) is 12.6. The number of benzene rings is 2. The first-order chi connectivity index (χ1) is 12.2. The number of fused-ring (bicyclic) bond motifs is 1. The number of carbonyl (C=O) groups is 1. The average molecular weight is 333 g/mol. The molecule has 3 heteroatoms. The van der Waals surface area contributed by atoms with Crippen LogP contribution >= 0.6 is 0 Å². The van der Waals surface area contributed by atoms with Gasteiger partial charge in [0.2, 0.25) is 5.91 Å². The van der Waals surface area contributed by atoms with E-state index in [-0.39, 0.29) is 5.91 Å². The van der Waals surface area contributed by atoms with Crippen LogP contribution in [-0.4, -0.2) is 15.6 Å². The van der Waals surface area contributed by atoms with E-state index in [1.165, 1.54) is 6.42 Å². The van der Waals surface area contributed by atoms with Crippen molar-refractivity contribution in [2.45, 2.75) is 44.1 Å². The van der Waals surface area contributed by atoms with Gasteiger partial charge in [0, 0.05) is 12.4 Å². The molecule has 2 aromatic carbocycles. The zero-order valence-electron chi connectivity index (χ0n) is 14.3. The van der Waals surface area contributed by atoms with Gasteiger partial charge in [-0.2, -0.15) is 0 Å². The number of aliphatic hydroxyl groups is 1. The highest BCUT2D eigenvalue weighted by atomic mass is 16.3. The Morgan fingerprint density at radius 2 is 1.68 bits per heavy atom. The molecule has 0 aliphatic heterocycles. The van der Waals surface area contributed by atoms with Crippen LogP contribution in [0.4, 0.5) is 0 Å². The van der Waals surface area contributed by atoms with Crippen molar-refractivity contribution in [3.05, 3.63) is 72.1 Å². The third-order valence-corrected chi connectivity index (χ3v) is 5.40. The van der Waals surface area contributed by atoms with Gasteiger partial charge in [-0.1, -0.05) is 55.7 Å². The Labute approximate surface area is 147 Å². The molecule has 0 atom stereocenters. The van der Waals surface area contributed by atoms with Gasteiger partial charge in [0.25, 0.3) is 0 Å². The molecule has 1 aromatic heterocycles. The molecule has 0 unspecified atom stereocenters. The molecule has 4 rings (SSSR count). The van der Waals surface area contributed by atoms with Gasteiger partial charge in [-0.15, -0.1) is 0 Å². The van der Waals surface area contributed by atoms with E-state index in [1.54, 1.807) is 17.0 Å². The Hall–Kier alpha value is -2.39. The molecular formula is C22H23NO2. The van der Waals surface area contributed by atoms with E-state index in [9.17, 15) is 9.90 Å². The third kappa shape index (κ3) is 3.00. The summed E-state index contributed by atoms with van der Waals surface area (Å²) in [7, 11) is 0. The zero-order chi connectivity index (χ0) is 17.3. The Kier molecular flexibility index (Phi) is 4.18. The number of nitrogens with zero attached hydrogens (tertiary/aromatic N) is 1. The summed E-state index contributed by atoms with van der Waals surface area (Å²) in [5.41, 5.74) is 1.08. The fraction of sp³-hybridized carbons (Fsp3) is 0.318. The molecule has 1 N–H and O–H groups in total. The van der Waals surface area contributed by atoms with Crippen LogP contribution in [0.15, 0.2) is 60.9 Å². The van der Waals surface area contributed by atoms with Gasteiger partial charge in [-0.3, -0.25) is 9.36 Å². The molecule has 1 heterocycles. The minimum atomic E-state index is -0.828. The van der Waals surface area contributed by atoms with Crippen molar-refractivity contribution < 1.29 is 9.90 Å². The van der Waals surface area contributed by atoms with E-state index in [4.69, 9.17) is 0 Å². The number of hydrogen-bond donors (Lipinski definition) is 1. The SMILES string of the molecule is O=C(Cc1ccc2ccccc2c1C1(O)CCCCC1)n1cccc1. The van der Waals surface area contributed by atoms with Gasteiger partial charge in [0.15, 0.2) is 0 Å². The van der Waals surface area contributed by atoms with E-state index in [1.807, 2.05) is 30.3 Å². The summed E-state index contributed by atoms with van der Waals surface area (Å²) < 4.78 is 1.61. The topological polar surface area (TPSA) is 42.2 Å². The van der Waals surface area contributed by atoms with Gasteiger partial charge in [0.1, 0.15) is 0 Å². The maximum Gasteiger partial charge on any atom is 0.234 e. The molecule has 3 nitrogen and oxygen atoms in total. The number of rotatable bonds is 3. The monoisotopic (exact) mass is 333 g/mol. The first kappa shape index (κ1) is 16.1. The predicted octanol–water partition coefficient (Wildman–Crippen LogP) is 4.68. The van der Waals surface area contributed by atoms with Crippen molar-refractivity contribution in [1.29, 1.82) is 0 Å². The van der Waals surface area contributed by atoms with Crippen molar-refractivity contribution in [3.8, 4) is 0 Å². The molecular weight excluding hydrogens is 310 g/mol. The summed E-state index contributed by atoms with van der Waals surface area (Å²) in [6.45, 7) is 0. The van der Waals surface area contributed by atoms with Crippen molar-refractivity contribution in [1.82, 2.24) is 4.57 Å². The summed E-state index contributed by atoms with van der Waals surface area (Å²) in [6, 6.07) is 16.0. The molecule has 1 saturated carbocycles. The van der Waals surface area contributed by atoms with Crippen molar-refractivity contribution in [2.75, 3.05) is 0 Å². The molecule has 1 fully saturated rings. The second-order valence-electron chi connectivity index (χ2n) is 7.07. The van der Waals surface area contributed by atoms with E-state index in [2.05, 4.69) is 18.2 Å². The first-order valence-corrected chi connectivity index (χ1v) is 9.07. The lowest BCUT2D eigenvalue weighted by molar-refractivity contribution is 0.0000517. The largest absolute Gasteiger partial charge is 0.385 e. The van der Waals surface area contributed by atoms with Crippen LogP contribution in [0, 0.1) is 0 Å². The molecule has 3 aromatic rings. The van der Waals surface area contributed by atoms with E-state index < -0.39 is 5.60 Å². The van der Waals surface area contributed by atoms with Gasteiger partial charge in [-0.05, 0) is 46.9 Å². The predicted molar refractivity (Wildman–Crippen MR) is 99.7 cm³/mol. The molecule has 0 amide bonds. The normalized spacial score (nSPS) is 16.8. The lowest BCUT2D eigenvalue weighted by Crippen LogP contribution is -2.30. The molecule has 1 aliphatic carbocycles. The van der Waals surface area contributed by atoms with Gasteiger partial charge >= 0.3 is 0 Å². The maximum atomic E-state index is 12.6. The minimum Gasteiger partial charge on any atom is -0.385 e. The number of hydrogen-bond acceptors (Lipinski definition) is 2.